The average molecular weight is 291 g/mol. The first-order chi connectivity index (χ1) is 10.0. The van der Waals surface area contributed by atoms with E-state index >= 15 is 0 Å². The third-order valence-electron chi connectivity index (χ3n) is 4.13. The van der Waals surface area contributed by atoms with Crippen LogP contribution in [0.2, 0.25) is 0 Å². The fourth-order valence-electron chi connectivity index (χ4n) is 2.69. The molecule has 0 bridgehead atoms. The van der Waals surface area contributed by atoms with Gasteiger partial charge in [0.1, 0.15) is 5.54 Å². The maximum atomic E-state index is 12.6. The van der Waals surface area contributed by atoms with Gasteiger partial charge in [0.2, 0.25) is 11.8 Å². The summed E-state index contributed by atoms with van der Waals surface area (Å²) in [6.07, 6.45) is 2.81. The fraction of sp³-hybridized carbons (Fsp3) is 0.533. The van der Waals surface area contributed by atoms with Crippen molar-refractivity contribution in [2.45, 2.75) is 38.8 Å². The third-order valence-corrected chi connectivity index (χ3v) is 4.13. The predicted octanol–water partition coefficient (Wildman–Crippen LogP) is 0.365. The monoisotopic (exact) mass is 291 g/mol. The minimum atomic E-state index is -0.795. The molecule has 114 valence electrons. The molecule has 1 aromatic rings. The summed E-state index contributed by atoms with van der Waals surface area (Å²) in [6.45, 7) is 4.60. The van der Waals surface area contributed by atoms with Crippen LogP contribution < -0.4 is 10.9 Å². The van der Waals surface area contributed by atoms with Crippen LogP contribution in [0, 0.1) is 0 Å². The van der Waals surface area contributed by atoms with E-state index in [0.29, 0.717) is 25.9 Å². The maximum absolute atomic E-state index is 12.6. The van der Waals surface area contributed by atoms with E-state index < -0.39 is 5.54 Å². The molecule has 6 nitrogen and oxygen atoms in total. The molecule has 2 amide bonds. The number of amides is 2. The average Bonchev–Trinajstić information content (AvgIpc) is 2.49. The zero-order valence-corrected chi connectivity index (χ0v) is 12.5. The number of carbonyl (C=O) groups is 2. The number of piperazine rings is 1. The van der Waals surface area contributed by atoms with Gasteiger partial charge >= 0.3 is 0 Å². The number of hydrogen-bond donors (Lipinski definition) is 1. The molecule has 0 atom stereocenters. The SMILES string of the molecule is CCC1(CC)NC(=O)CN(CCn2ccccc2=O)C1=O. The molecule has 1 saturated heterocycles. The van der Waals surface area contributed by atoms with Gasteiger partial charge < -0.3 is 14.8 Å². The smallest absolute Gasteiger partial charge is 0.250 e. The highest BCUT2D eigenvalue weighted by atomic mass is 16.2. The molecule has 6 heteroatoms. The number of carbonyl (C=O) groups excluding carboxylic acids is 2. The van der Waals surface area contributed by atoms with Crippen molar-refractivity contribution < 1.29 is 9.59 Å². The minimum absolute atomic E-state index is 0.0577. The van der Waals surface area contributed by atoms with Gasteiger partial charge in [-0.05, 0) is 18.9 Å². The maximum Gasteiger partial charge on any atom is 0.250 e. The van der Waals surface area contributed by atoms with Crippen molar-refractivity contribution >= 4 is 11.8 Å². The van der Waals surface area contributed by atoms with Crippen LogP contribution in [0.3, 0.4) is 0 Å². The zero-order chi connectivity index (χ0) is 15.5. The van der Waals surface area contributed by atoms with E-state index in [2.05, 4.69) is 5.32 Å². The third kappa shape index (κ3) is 2.99. The van der Waals surface area contributed by atoms with Gasteiger partial charge in [-0.1, -0.05) is 19.9 Å². The Kier molecular flexibility index (Phi) is 4.45. The van der Waals surface area contributed by atoms with Crippen molar-refractivity contribution in [3.8, 4) is 0 Å². The van der Waals surface area contributed by atoms with Crippen molar-refractivity contribution in [3.63, 3.8) is 0 Å². The van der Waals surface area contributed by atoms with E-state index in [1.165, 1.54) is 6.07 Å². The molecule has 1 fully saturated rings. The molecule has 1 aliphatic heterocycles. The molecule has 0 spiro atoms. The Morgan fingerprint density at radius 2 is 1.86 bits per heavy atom. The van der Waals surface area contributed by atoms with Gasteiger partial charge in [0, 0.05) is 25.4 Å². The molecule has 1 N–H and O–H groups in total. The summed E-state index contributed by atoms with van der Waals surface area (Å²) in [7, 11) is 0. The zero-order valence-electron chi connectivity index (χ0n) is 12.5. The normalized spacial score (nSPS) is 17.7. The number of hydrogen-bond acceptors (Lipinski definition) is 3. The highest BCUT2D eigenvalue weighted by molar-refractivity contribution is 5.97. The van der Waals surface area contributed by atoms with E-state index in [1.54, 1.807) is 27.8 Å². The molecule has 1 aliphatic rings. The topological polar surface area (TPSA) is 71.4 Å². The van der Waals surface area contributed by atoms with E-state index in [1.807, 2.05) is 13.8 Å². The first kappa shape index (κ1) is 15.3. The van der Waals surface area contributed by atoms with Gasteiger partial charge in [0.25, 0.3) is 5.56 Å². The number of pyridine rings is 1. The van der Waals surface area contributed by atoms with Crippen molar-refractivity contribution in [2.75, 3.05) is 13.1 Å². The largest absolute Gasteiger partial charge is 0.340 e. The van der Waals surface area contributed by atoms with Crippen LogP contribution >= 0.6 is 0 Å². The van der Waals surface area contributed by atoms with E-state index in [-0.39, 0.29) is 23.9 Å². The Hall–Kier alpha value is -2.11. The van der Waals surface area contributed by atoms with E-state index in [0.717, 1.165) is 0 Å². The van der Waals surface area contributed by atoms with Crippen LogP contribution in [0.4, 0.5) is 0 Å². The predicted molar refractivity (Wildman–Crippen MR) is 78.7 cm³/mol. The Morgan fingerprint density at radius 3 is 2.48 bits per heavy atom. The van der Waals surface area contributed by atoms with Crippen LogP contribution in [0.1, 0.15) is 26.7 Å². The molecule has 21 heavy (non-hydrogen) atoms. The molecule has 0 radical (unpaired) electrons. The van der Waals surface area contributed by atoms with E-state index in [4.69, 9.17) is 0 Å². The summed E-state index contributed by atoms with van der Waals surface area (Å²) in [5, 5.41) is 2.82. The fourth-order valence-corrected chi connectivity index (χ4v) is 2.69. The van der Waals surface area contributed by atoms with Gasteiger partial charge in [-0.15, -0.1) is 0 Å². The van der Waals surface area contributed by atoms with Gasteiger partial charge in [0.05, 0.1) is 6.54 Å². The molecule has 2 rings (SSSR count). The van der Waals surface area contributed by atoms with Crippen LogP contribution in [0.25, 0.3) is 0 Å². The van der Waals surface area contributed by atoms with Crippen LogP contribution in [-0.4, -0.2) is 39.9 Å². The summed E-state index contributed by atoms with van der Waals surface area (Å²) < 4.78 is 1.54. The molecule has 2 heterocycles. The molecule has 0 aliphatic carbocycles. The number of nitrogens with zero attached hydrogens (tertiary/aromatic N) is 2. The van der Waals surface area contributed by atoms with Crippen molar-refractivity contribution in [2.24, 2.45) is 0 Å². The Bertz CT molecular complexity index is 590. The van der Waals surface area contributed by atoms with Gasteiger partial charge in [-0.25, -0.2) is 0 Å². The van der Waals surface area contributed by atoms with Crippen molar-refractivity contribution in [1.82, 2.24) is 14.8 Å². The first-order valence-corrected chi connectivity index (χ1v) is 7.28. The minimum Gasteiger partial charge on any atom is -0.340 e. The number of aromatic nitrogens is 1. The summed E-state index contributed by atoms with van der Waals surface area (Å²) in [4.78, 5) is 37.6. The quantitative estimate of drug-likeness (QED) is 0.852. The highest BCUT2D eigenvalue weighted by Crippen LogP contribution is 2.21. The van der Waals surface area contributed by atoms with Crippen molar-refractivity contribution in [3.05, 3.63) is 34.7 Å². The summed E-state index contributed by atoms with van der Waals surface area (Å²) in [5.74, 6) is -0.199. The molecule has 0 unspecified atom stereocenters. The van der Waals surface area contributed by atoms with E-state index in [9.17, 15) is 14.4 Å². The lowest BCUT2D eigenvalue weighted by atomic mass is 9.89. The summed E-state index contributed by atoms with van der Waals surface area (Å²) in [6, 6.07) is 4.93. The Morgan fingerprint density at radius 1 is 1.14 bits per heavy atom. The number of rotatable bonds is 5. The summed E-state index contributed by atoms with van der Waals surface area (Å²) in [5.41, 5.74) is -0.902. The molecule has 0 saturated carbocycles. The number of nitrogens with one attached hydrogen (secondary N) is 1. The molecular weight excluding hydrogens is 270 g/mol. The van der Waals surface area contributed by atoms with Crippen LogP contribution in [0.5, 0.6) is 0 Å². The molecule has 1 aromatic heterocycles. The lowest BCUT2D eigenvalue weighted by molar-refractivity contribution is -0.150. The lowest BCUT2D eigenvalue weighted by Gasteiger charge is -2.41. The van der Waals surface area contributed by atoms with Gasteiger partial charge in [0.15, 0.2) is 0 Å². The second-order valence-corrected chi connectivity index (χ2v) is 5.30. The first-order valence-electron chi connectivity index (χ1n) is 7.28. The Labute approximate surface area is 123 Å². The second-order valence-electron chi connectivity index (χ2n) is 5.30. The highest BCUT2D eigenvalue weighted by Gasteiger charge is 2.43. The Balaban J connectivity index is 2.12. The van der Waals surface area contributed by atoms with Crippen LogP contribution in [0.15, 0.2) is 29.2 Å². The lowest BCUT2D eigenvalue weighted by Crippen LogP contribution is -2.66. The molecule has 0 aromatic carbocycles. The van der Waals surface area contributed by atoms with Crippen LogP contribution in [-0.2, 0) is 16.1 Å². The molecular formula is C15H21N3O3. The van der Waals surface area contributed by atoms with Gasteiger partial charge in [-0.3, -0.25) is 14.4 Å². The standard InChI is InChI=1S/C15H21N3O3/c1-3-15(4-2)14(21)18(11-12(19)16-15)10-9-17-8-6-5-7-13(17)20/h5-8H,3-4,9-11H2,1-2H3,(H,16,19). The summed E-state index contributed by atoms with van der Waals surface area (Å²) >= 11 is 0. The second kappa shape index (κ2) is 6.11. The van der Waals surface area contributed by atoms with Gasteiger partial charge in [-0.2, -0.15) is 0 Å². The van der Waals surface area contributed by atoms with Crippen molar-refractivity contribution in [1.29, 1.82) is 0 Å².